The summed E-state index contributed by atoms with van der Waals surface area (Å²) < 4.78 is 19.9. The molecule has 84 valence electrons. The summed E-state index contributed by atoms with van der Waals surface area (Å²) in [5.41, 5.74) is 0.455. The Labute approximate surface area is 96.3 Å². The third-order valence-corrected chi connectivity index (χ3v) is 3.70. The number of aromatic nitrogens is 1. The van der Waals surface area contributed by atoms with Gasteiger partial charge in [0.05, 0.1) is 11.3 Å². The van der Waals surface area contributed by atoms with Gasteiger partial charge in [0.1, 0.15) is 22.4 Å². The molecule has 1 fully saturated rings. The number of ether oxygens (including phenoxy) is 1. The van der Waals surface area contributed by atoms with Crippen molar-refractivity contribution in [2.75, 3.05) is 19.7 Å². The minimum Gasteiger partial charge on any atom is -0.368 e. The Morgan fingerprint density at radius 2 is 2.44 bits per heavy atom. The second kappa shape index (κ2) is 4.08. The van der Waals surface area contributed by atoms with E-state index in [0.29, 0.717) is 12.1 Å². The number of hydrogen-bond donors (Lipinski definition) is 1. The van der Waals surface area contributed by atoms with E-state index in [9.17, 15) is 4.39 Å². The first-order valence-electron chi connectivity index (χ1n) is 5.22. The van der Waals surface area contributed by atoms with Gasteiger partial charge >= 0.3 is 0 Å². The summed E-state index contributed by atoms with van der Waals surface area (Å²) >= 11 is 1.50. The van der Waals surface area contributed by atoms with Crippen LogP contribution in [0.25, 0.3) is 10.2 Å². The van der Waals surface area contributed by atoms with Crippen LogP contribution in [-0.4, -0.2) is 24.7 Å². The second-order valence-electron chi connectivity index (χ2n) is 3.70. The van der Waals surface area contributed by atoms with Crippen LogP contribution in [0.3, 0.4) is 0 Å². The van der Waals surface area contributed by atoms with E-state index in [0.717, 1.165) is 22.8 Å². The lowest BCUT2D eigenvalue weighted by Crippen LogP contribution is -2.33. The first-order chi connectivity index (χ1) is 7.84. The van der Waals surface area contributed by atoms with Crippen molar-refractivity contribution >= 4 is 21.6 Å². The average molecular weight is 238 g/mol. The number of para-hydroxylation sites is 1. The van der Waals surface area contributed by atoms with Crippen LogP contribution in [0.5, 0.6) is 0 Å². The van der Waals surface area contributed by atoms with Crippen molar-refractivity contribution in [3.8, 4) is 0 Å². The van der Waals surface area contributed by atoms with Crippen molar-refractivity contribution in [2.45, 2.75) is 6.10 Å². The lowest BCUT2D eigenvalue weighted by Gasteiger charge is -2.21. The van der Waals surface area contributed by atoms with Crippen LogP contribution in [0.4, 0.5) is 4.39 Å². The number of benzene rings is 1. The molecule has 1 aromatic heterocycles. The maximum atomic E-state index is 13.5. The summed E-state index contributed by atoms with van der Waals surface area (Å²) in [6, 6.07) is 5.03. The van der Waals surface area contributed by atoms with Gasteiger partial charge in [0.2, 0.25) is 0 Å². The van der Waals surface area contributed by atoms with Crippen molar-refractivity contribution in [1.82, 2.24) is 10.3 Å². The standard InChI is InChI=1S/C11H11FN2OS/c12-7-2-1-3-9-10(7)14-11(16-9)8-6-13-4-5-15-8/h1-3,8,13H,4-6H2. The molecular weight excluding hydrogens is 227 g/mol. The molecule has 0 saturated carbocycles. The highest BCUT2D eigenvalue weighted by atomic mass is 32.1. The summed E-state index contributed by atoms with van der Waals surface area (Å²) in [6.07, 6.45) is -0.0365. The van der Waals surface area contributed by atoms with Gasteiger partial charge in [-0.25, -0.2) is 9.37 Å². The Kier molecular flexibility index (Phi) is 2.59. The number of nitrogens with zero attached hydrogens (tertiary/aromatic N) is 1. The van der Waals surface area contributed by atoms with Crippen molar-refractivity contribution in [1.29, 1.82) is 0 Å². The van der Waals surface area contributed by atoms with Gasteiger partial charge in [-0.3, -0.25) is 0 Å². The Balaban J connectivity index is 2.01. The lowest BCUT2D eigenvalue weighted by atomic mass is 10.3. The van der Waals surface area contributed by atoms with E-state index in [1.54, 1.807) is 6.07 Å². The van der Waals surface area contributed by atoms with E-state index in [1.807, 2.05) is 6.07 Å². The van der Waals surface area contributed by atoms with E-state index in [-0.39, 0.29) is 11.9 Å². The van der Waals surface area contributed by atoms with Crippen LogP contribution in [0.2, 0.25) is 0 Å². The predicted octanol–water partition coefficient (Wildman–Crippen LogP) is 2.10. The number of morpholine rings is 1. The van der Waals surface area contributed by atoms with Crippen LogP contribution in [0.1, 0.15) is 11.1 Å². The molecule has 0 spiro atoms. The van der Waals surface area contributed by atoms with Crippen LogP contribution in [0.15, 0.2) is 18.2 Å². The van der Waals surface area contributed by atoms with E-state index in [4.69, 9.17) is 4.74 Å². The summed E-state index contributed by atoms with van der Waals surface area (Å²) in [6.45, 7) is 2.31. The average Bonchev–Trinajstić information content (AvgIpc) is 2.76. The quantitative estimate of drug-likeness (QED) is 0.826. The zero-order valence-corrected chi connectivity index (χ0v) is 9.39. The fraction of sp³-hybridized carbons (Fsp3) is 0.364. The maximum absolute atomic E-state index is 13.5. The Bertz CT molecular complexity index is 508. The molecule has 2 aromatic rings. The van der Waals surface area contributed by atoms with Gasteiger partial charge in [0.25, 0.3) is 0 Å². The zero-order chi connectivity index (χ0) is 11.0. The highest BCUT2D eigenvalue weighted by Crippen LogP contribution is 2.29. The van der Waals surface area contributed by atoms with Gasteiger partial charge < -0.3 is 10.1 Å². The molecule has 1 saturated heterocycles. The van der Waals surface area contributed by atoms with Crippen molar-refractivity contribution in [3.63, 3.8) is 0 Å². The minimum atomic E-state index is -0.260. The van der Waals surface area contributed by atoms with Crippen molar-refractivity contribution in [3.05, 3.63) is 29.0 Å². The third-order valence-electron chi connectivity index (χ3n) is 2.59. The molecule has 1 aromatic carbocycles. The number of nitrogens with one attached hydrogen (secondary N) is 1. The van der Waals surface area contributed by atoms with Crippen LogP contribution in [-0.2, 0) is 4.74 Å². The molecule has 3 rings (SSSR count). The molecule has 2 heterocycles. The third kappa shape index (κ3) is 1.71. The molecule has 0 aliphatic carbocycles. The second-order valence-corrected chi connectivity index (χ2v) is 4.76. The van der Waals surface area contributed by atoms with Gasteiger partial charge in [-0.1, -0.05) is 6.07 Å². The van der Waals surface area contributed by atoms with Gasteiger partial charge in [-0.15, -0.1) is 11.3 Å². The first-order valence-corrected chi connectivity index (χ1v) is 6.03. The molecule has 1 N–H and O–H groups in total. The fourth-order valence-electron chi connectivity index (χ4n) is 1.79. The smallest absolute Gasteiger partial charge is 0.150 e. The van der Waals surface area contributed by atoms with Gasteiger partial charge in [0.15, 0.2) is 0 Å². The van der Waals surface area contributed by atoms with Crippen LogP contribution < -0.4 is 5.32 Å². The number of fused-ring (bicyclic) bond motifs is 1. The summed E-state index contributed by atoms with van der Waals surface area (Å²) in [7, 11) is 0. The van der Waals surface area contributed by atoms with Crippen molar-refractivity contribution < 1.29 is 9.13 Å². The van der Waals surface area contributed by atoms with Gasteiger partial charge in [-0.2, -0.15) is 0 Å². The molecule has 1 aliphatic heterocycles. The molecule has 16 heavy (non-hydrogen) atoms. The lowest BCUT2D eigenvalue weighted by molar-refractivity contribution is 0.0277. The minimum absolute atomic E-state index is 0.0365. The van der Waals surface area contributed by atoms with Crippen LogP contribution >= 0.6 is 11.3 Å². The van der Waals surface area contributed by atoms with E-state index in [2.05, 4.69) is 10.3 Å². The fourth-order valence-corrected chi connectivity index (χ4v) is 2.83. The Hall–Kier alpha value is -1.04. The molecule has 1 atom stereocenters. The summed E-state index contributed by atoms with van der Waals surface area (Å²) in [4.78, 5) is 4.31. The summed E-state index contributed by atoms with van der Waals surface area (Å²) in [5.74, 6) is -0.260. The monoisotopic (exact) mass is 238 g/mol. The molecule has 0 radical (unpaired) electrons. The highest BCUT2D eigenvalue weighted by Gasteiger charge is 2.20. The topological polar surface area (TPSA) is 34.1 Å². The molecule has 1 unspecified atom stereocenters. The largest absolute Gasteiger partial charge is 0.368 e. The van der Waals surface area contributed by atoms with Gasteiger partial charge in [-0.05, 0) is 12.1 Å². The Morgan fingerprint density at radius 1 is 1.50 bits per heavy atom. The molecule has 1 aliphatic rings. The number of hydrogen-bond acceptors (Lipinski definition) is 4. The Morgan fingerprint density at radius 3 is 3.19 bits per heavy atom. The molecular formula is C11H11FN2OS. The number of rotatable bonds is 1. The number of halogens is 1. The molecule has 0 amide bonds. The first kappa shape index (κ1) is 10.1. The van der Waals surface area contributed by atoms with E-state index in [1.165, 1.54) is 17.4 Å². The van der Waals surface area contributed by atoms with E-state index < -0.39 is 0 Å². The SMILES string of the molecule is Fc1cccc2sc(C3CNCCO3)nc12. The van der Waals surface area contributed by atoms with Crippen LogP contribution in [0, 0.1) is 5.82 Å². The van der Waals surface area contributed by atoms with Crippen molar-refractivity contribution in [2.24, 2.45) is 0 Å². The van der Waals surface area contributed by atoms with E-state index >= 15 is 0 Å². The normalized spacial score (nSPS) is 21.4. The molecule has 0 bridgehead atoms. The van der Waals surface area contributed by atoms with Gasteiger partial charge in [0, 0.05) is 13.1 Å². The summed E-state index contributed by atoms with van der Waals surface area (Å²) in [5, 5.41) is 4.09. The zero-order valence-electron chi connectivity index (χ0n) is 8.57. The highest BCUT2D eigenvalue weighted by molar-refractivity contribution is 7.18. The number of thiazole rings is 1. The molecule has 5 heteroatoms. The maximum Gasteiger partial charge on any atom is 0.150 e. The predicted molar refractivity (Wildman–Crippen MR) is 61.1 cm³/mol. The molecule has 3 nitrogen and oxygen atoms in total.